The molecule has 0 saturated heterocycles. The smallest absolute Gasteiger partial charge is 0.272 e. The number of nitrogens with zero attached hydrogens (tertiary/aromatic N) is 2. The van der Waals surface area contributed by atoms with E-state index in [1.807, 2.05) is 30.5 Å². The van der Waals surface area contributed by atoms with Gasteiger partial charge < -0.3 is 15.0 Å². The van der Waals surface area contributed by atoms with Crippen LogP contribution in [-0.2, 0) is 24.3 Å². The highest BCUT2D eigenvalue weighted by molar-refractivity contribution is 7.99. The van der Waals surface area contributed by atoms with E-state index in [1.165, 1.54) is 11.8 Å². The number of thioether (sulfide) groups is 1. The van der Waals surface area contributed by atoms with Crippen LogP contribution in [0, 0.1) is 0 Å². The van der Waals surface area contributed by atoms with Gasteiger partial charge in [0.05, 0.1) is 25.1 Å². The Hall–Kier alpha value is -2.48. The number of carbonyl (C=O) groups is 2. The first kappa shape index (κ1) is 18.3. The Morgan fingerprint density at radius 2 is 2.27 bits per heavy atom. The number of ether oxygens (including phenoxy) is 1. The molecule has 7 nitrogen and oxygen atoms in total. The normalized spacial score (nSPS) is 13.2. The molecule has 0 aliphatic carbocycles. The second-order valence-electron chi connectivity index (χ2n) is 6.06. The van der Waals surface area contributed by atoms with Crippen molar-refractivity contribution in [2.45, 2.75) is 19.5 Å². The number of carbonyl (C=O) groups excluding carboxylic acids is 2. The van der Waals surface area contributed by atoms with Crippen molar-refractivity contribution in [2.24, 2.45) is 0 Å². The van der Waals surface area contributed by atoms with Crippen LogP contribution in [-0.4, -0.2) is 52.6 Å². The molecule has 0 unspecified atom stereocenters. The summed E-state index contributed by atoms with van der Waals surface area (Å²) >= 11 is 1.51. The Kier molecular flexibility index (Phi) is 5.82. The van der Waals surface area contributed by atoms with E-state index >= 15 is 0 Å². The van der Waals surface area contributed by atoms with E-state index in [2.05, 4.69) is 15.5 Å². The van der Waals surface area contributed by atoms with Gasteiger partial charge in [-0.2, -0.15) is 16.9 Å². The SMILES string of the molecule is COc1cccc(CNC(=O)c2n[nH]c3c2CCN(C(=O)CSC)C3)c1. The predicted octanol–water partition coefficient (Wildman–Crippen LogP) is 1.60. The number of rotatable bonds is 6. The predicted molar refractivity (Wildman–Crippen MR) is 100 cm³/mol. The maximum Gasteiger partial charge on any atom is 0.272 e. The van der Waals surface area contributed by atoms with Crippen LogP contribution in [0.4, 0.5) is 0 Å². The summed E-state index contributed by atoms with van der Waals surface area (Å²) in [5, 5.41) is 9.99. The van der Waals surface area contributed by atoms with Crippen LogP contribution in [0.3, 0.4) is 0 Å². The van der Waals surface area contributed by atoms with Crippen LogP contribution in [0.2, 0.25) is 0 Å². The van der Waals surface area contributed by atoms with Gasteiger partial charge >= 0.3 is 0 Å². The van der Waals surface area contributed by atoms with Gasteiger partial charge in [-0.05, 0) is 30.4 Å². The zero-order valence-corrected chi connectivity index (χ0v) is 15.7. The van der Waals surface area contributed by atoms with E-state index in [0.29, 0.717) is 37.5 Å². The number of hydrogen-bond acceptors (Lipinski definition) is 5. The van der Waals surface area contributed by atoms with Crippen LogP contribution in [0.25, 0.3) is 0 Å². The average molecular weight is 374 g/mol. The standard InChI is InChI=1S/C18H22N4O3S/c1-25-13-5-3-4-12(8-13)9-19-18(24)17-14-6-7-22(16(23)11-26-2)10-15(14)20-21-17/h3-5,8H,6-7,9-11H2,1-2H3,(H,19,24)(H,20,21). The summed E-state index contributed by atoms with van der Waals surface area (Å²) in [4.78, 5) is 26.4. The molecule has 3 rings (SSSR count). The van der Waals surface area contributed by atoms with Crippen LogP contribution >= 0.6 is 11.8 Å². The lowest BCUT2D eigenvalue weighted by molar-refractivity contribution is -0.129. The number of hydrogen-bond donors (Lipinski definition) is 2. The summed E-state index contributed by atoms with van der Waals surface area (Å²) in [7, 11) is 1.61. The molecule has 1 aliphatic heterocycles. The molecule has 1 aromatic heterocycles. The van der Waals surface area contributed by atoms with Gasteiger partial charge in [0.25, 0.3) is 5.91 Å². The van der Waals surface area contributed by atoms with Gasteiger partial charge in [0.2, 0.25) is 5.91 Å². The summed E-state index contributed by atoms with van der Waals surface area (Å²) in [5.74, 6) is 1.12. The maximum absolute atomic E-state index is 12.5. The van der Waals surface area contributed by atoms with E-state index in [1.54, 1.807) is 12.0 Å². The second kappa shape index (κ2) is 8.27. The molecule has 0 saturated carbocycles. The topological polar surface area (TPSA) is 87.3 Å². The molecule has 2 heterocycles. The lowest BCUT2D eigenvalue weighted by Gasteiger charge is -2.26. The number of nitrogens with one attached hydrogen (secondary N) is 2. The summed E-state index contributed by atoms with van der Waals surface area (Å²) in [6.45, 7) is 1.49. The van der Waals surface area contributed by atoms with Gasteiger partial charge in [-0.1, -0.05) is 12.1 Å². The van der Waals surface area contributed by atoms with Crippen molar-refractivity contribution in [3.05, 3.63) is 46.8 Å². The number of amides is 2. The zero-order chi connectivity index (χ0) is 18.5. The van der Waals surface area contributed by atoms with Crippen LogP contribution < -0.4 is 10.1 Å². The Balaban J connectivity index is 1.64. The summed E-state index contributed by atoms with van der Waals surface area (Å²) in [6.07, 6.45) is 2.54. The largest absolute Gasteiger partial charge is 0.497 e. The van der Waals surface area contributed by atoms with Crippen molar-refractivity contribution in [1.82, 2.24) is 20.4 Å². The van der Waals surface area contributed by atoms with Crippen molar-refractivity contribution in [2.75, 3.05) is 25.7 Å². The van der Waals surface area contributed by atoms with Gasteiger partial charge in [-0.25, -0.2) is 0 Å². The molecule has 2 amide bonds. The van der Waals surface area contributed by atoms with Gasteiger partial charge in [-0.15, -0.1) is 0 Å². The zero-order valence-electron chi connectivity index (χ0n) is 14.9. The minimum atomic E-state index is -0.214. The highest BCUT2D eigenvalue weighted by Gasteiger charge is 2.27. The molecule has 0 spiro atoms. The molecule has 1 aromatic carbocycles. The Morgan fingerprint density at radius 3 is 3.04 bits per heavy atom. The van der Waals surface area contributed by atoms with Gasteiger partial charge in [-0.3, -0.25) is 14.7 Å². The number of aromatic amines is 1. The third kappa shape index (κ3) is 4.01. The molecule has 0 fully saturated rings. The molecule has 2 aromatic rings. The summed E-state index contributed by atoms with van der Waals surface area (Å²) in [6, 6.07) is 7.56. The highest BCUT2D eigenvalue weighted by atomic mass is 32.2. The number of benzene rings is 1. The van der Waals surface area contributed by atoms with E-state index in [9.17, 15) is 9.59 Å². The quantitative estimate of drug-likeness (QED) is 0.802. The Morgan fingerprint density at radius 1 is 1.42 bits per heavy atom. The minimum Gasteiger partial charge on any atom is -0.497 e. The fraction of sp³-hybridized carbons (Fsp3) is 0.389. The summed E-state index contributed by atoms with van der Waals surface area (Å²) in [5.41, 5.74) is 3.12. The number of methoxy groups -OCH3 is 1. The van der Waals surface area contributed by atoms with E-state index in [-0.39, 0.29) is 11.8 Å². The molecular formula is C18H22N4O3S. The van der Waals surface area contributed by atoms with Crippen molar-refractivity contribution >= 4 is 23.6 Å². The molecule has 26 heavy (non-hydrogen) atoms. The summed E-state index contributed by atoms with van der Waals surface area (Å²) < 4.78 is 5.19. The van der Waals surface area contributed by atoms with Crippen LogP contribution in [0.15, 0.2) is 24.3 Å². The number of fused-ring (bicyclic) bond motifs is 1. The van der Waals surface area contributed by atoms with Gasteiger partial charge in [0, 0.05) is 18.7 Å². The van der Waals surface area contributed by atoms with Crippen LogP contribution in [0.5, 0.6) is 5.75 Å². The molecule has 0 bridgehead atoms. The first-order chi connectivity index (χ1) is 12.6. The third-order valence-electron chi connectivity index (χ3n) is 4.36. The minimum absolute atomic E-state index is 0.113. The molecule has 1 aliphatic rings. The number of aromatic nitrogens is 2. The number of H-pyrrole nitrogens is 1. The fourth-order valence-electron chi connectivity index (χ4n) is 2.98. The second-order valence-corrected chi connectivity index (χ2v) is 6.93. The van der Waals surface area contributed by atoms with E-state index in [4.69, 9.17) is 4.74 Å². The van der Waals surface area contributed by atoms with Crippen molar-refractivity contribution < 1.29 is 14.3 Å². The average Bonchev–Trinajstić information content (AvgIpc) is 3.09. The van der Waals surface area contributed by atoms with Crippen molar-refractivity contribution in [3.8, 4) is 5.75 Å². The van der Waals surface area contributed by atoms with Gasteiger partial charge in [0.15, 0.2) is 5.69 Å². The lowest BCUT2D eigenvalue weighted by atomic mass is 10.0. The molecule has 0 atom stereocenters. The molecular weight excluding hydrogens is 352 g/mol. The monoisotopic (exact) mass is 374 g/mol. The third-order valence-corrected chi connectivity index (χ3v) is 4.89. The van der Waals surface area contributed by atoms with Crippen molar-refractivity contribution in [1.29, 1.82) is 0 Å². The maximum atomic E-state index is 12.5. The van der Waals surface area contributed by atoms with E-state index in [0.717, 1.165) is 22.6 Å². The molecule has 0 radical (unpaired) electrons. The fourth-order valence-corrected chi connectivity index (χ4v) is 3.41. The first-order valence-corrected chi connectivity index (χ1v) is 9.75. The Bertz CT molecular complexity index is 805. The molecule has 138 valence electrons. The van der Waals surface area contributed by atoms with E-state index < -0.39 is 0 Å². The highest BCUT2D eigenvalue weighted by Crippen LogP contribution is 2.21. The van der Waals surface area contributed by atoms with Crippen LogP contribution in [0.1, 0.15) is 27.3 Å². The Labute approximate surface area is 156 Å². The van der Waals surface area contributed by atoms with Gasteiger partial charge in [0.1, 0.15) is 5.75 Å². The van der Waals surface area contributed by atoms with Crippen molar-refractivity contribution in [3.63, 3.8) is 0 Å². The lowest BCUT2D eigenvalue weighted by Crippen LogP contribution is -2.37. The molecule has 2 N–H and O–H groups in total. The molecule has 8 heteroatoms. The first-order valence-electron chi connectivity index (χ1n) is 8.36.